The summed E-state index contributed by atoms with van der Waals surface area (Å²) in [4.78, 5) is 25.6. The Morgan fingerprint density at radius 3 is 2.63 bits per heavy atom. The minimum Gasteiger partial charge on any atom is -0.463 e. The predicted molar refractivity (Wildman–Crippen MR) is 102 cm³/mol. The molecule has 6 nitrogen and oxygen atoms in total. The van der Waals surface area contributed by atoms with Gasteiger partial charge in [-0.1, -0.05) is 41.6 Å². The average Bonchev–Trinajstić information content (AvgIpc) is 3.32. The van der Waals surface area contributed by atoms with Crippen molar-refractivity contribution < 1.29 is 18.8 Å². The standard InChI is InChI=1S/C20H20N2O4S/c1-13(2)25-19(23)12-15(14-7-4-3-5-8-14)21-20(24)16-11-17(26-22-16)18-9-6-10-27-18/h3-11,13,15H,12H2,1-2H3,(H,21,24). The molecule has 7 heteroatoms. The SMILES string of the molecule is CC(C)OC(=O)CC(NC(=O)c1cc(-c2cccs2)on1)c1ccccc1. The topological polar surface area (TPSA) is 81.4 Å². The van der Waals surface area contributed by atoms with E-state index in [4.69, 9.17) is 9.26 Å². The Kier molecular flexibility index (Phi) is 6.03. The molecule has 0 radical (unpaired) electrons. The van der Waals surface area contributed by atoms with E-state index in [0.29, 0.717) is 5.76 Å². The van der Waals surface area contributed by atoms with E-state index in [1.807, 2.05) is 47.8 Å². The highest BCUT2D eigenvalue weighted by Gasteiger charge is 2.22. The molecule has 0 bridgehead atoms. The molecule has 2 heterocycles. The Bertz CT molecular complexity index is 888. The number of nitrogens with one attached hydrogen (secondary N) is 1. The summed E-state index contributed by atoms with van der Waals surface area (Å²) in [6, 6.07) is 14.2. The van der Waals surface area contributed by atoms with Crippen LogP contribution < -0.4 is 5.32 Å². The van der Waals surface area contributed by atoms with Crippen molar-refractivity contribution in [1.82, 2.24) is 10.5 Å². The molecule has 1 N–H and O–H groups in total. The van der Waals surface area contributed by atoms with Gasteiger partial charge < -0.3 is 14.6 Å². The number of carbonyl (C=O) groups excluding carboxylic acids is 2. The van der Waals surface area contributed by atoms with Gasteiger partial charge in [0.15, 0.2) is 11.5 Å². The molecule has 2 aromatic heterocycles. The number of thiophene rings is 1. The van der Waals surface area contributed by atoms with Crippen molar-refractivity contribution in [2.45, 2.75) is 32.4 Å². The van der Waals surface area contributed by atoms with Crippen LogP contribution in [0.4, 0.5) is 0 Å². The Morgan fingerprint density at radius 2 is 1.96 bits per heavy atom. The van der Waals surface area contributed by atoms with Crippen LogP contribution in [0.3, 0.4) is 0 Å². The molecule has 0 saturated carbocycles. The van der Waals surface area contributed by atoms with Gasteiger partial charge in [-0.3, -0.25) is 9.59 Å². The average molecular weight is 384 g/mol. The Morgan fingerprint density at radius 1 is 1.19 bits per heavy atom. The highest BCUT2D eigenvalue weighted by Crippen LogP contribution is 2.25. The van der Waals surface area contributed by atoms with E-state index in [9.17, 15) is 9.59 Å². The zero-order chi connectivity index (χ0) is 19.2. The van der Waals surface area contributed by atoms with Crippen LogP contribution in [0.1, 0.15) is 42.4 Å². The third kappa shape index (κ3) is 5.04. The first kappa shape index (κ1) is 18.8. The lowest BCUT2D eigenvalue weighted by atomic mass is 10.0. The van der Waals surface area contributed by atoms with Gasteiger partial charge in [-0.05, 0) is 30.9 Å². The fourth-order valence-corrected chi connectivity index (χ4v) is 3.24. The third-order valence-electron chi connectivity index (χ3n) is 3.75. The molecule has 27 heavy (non-hydrogen) atoms. The molecule has 1 aromatic carbocycles. The zero-order valence-corrected chi connectivity index (χ0v) is 15.9. The van der Waals surface area contributed by atoms with Gasteiger partial charge in [0.05, 0.1) is 23.4 Å². The Balaban J connectivity index is 1.75. The van der Waals surface area contributed by atoms with Gasteiger partial charge >= 0.3 is 5.97 Å². The first-order valence-electron chi connectivity index (χ1n) is 8.59. The smallest absolute Gasteiger partial charge is 0.308 e. The van der Waals surface area contributed by atoms with E-state index in [2.05, 4.69) is 10.5 Å². The zero-order valence-electron chi connectivity index (χ0n) is 15.0. The van der Waals surface area contributed by atoms with Crippen LogP contribution in [-0.2, 0) is 9.53 Å². The van der Waals surface area contributed by atoms with Crippen molar-refractivity contribution in [3.63, 3.8) is 0 Å². The Hall–Kier alpha value is -2.93. The molecule has 3 aromatic rings. The van der Waals surface area contributed by atoms with Gasteiger partial charge in [-0.2, -0.15) is 0 Å². The van der Waals surface area contributed by atoms with Gasteiger partial charge in [0.1, 0.15) is 0 Å². The number of hydrogen-bond donors (Lipinski definition) is 1. The minimum absolute atomic E-state index is 0.0313. The summed E-state index contributed by atoms with van der Waals surface area (Å²) in [6.45, 7) is 3.57. The number of rotatable bonds is 7. The van der Waals surface area contributed by atoms with Gasteiger partial charge in [0, 0.05) is 6.07 Å². The lowest BCUT2D eigenvalue weighted by Gasteiger charge is -2.18. The van der Waals surface area contributed by atoms with Crippen molar-refractivity contribution in [2.75, 3.05) is 0 Å². The second-order valence-electron chi connectivity index (χ2n) is 6.23. The van der Waals surface area contributed by atoms with Crippen molar-refractivity contribution in [3.05, 3.63) is 65.2 Å². The third-order valence-corrected chi connectivity index (χ3v) is 4.64. The molecular formula is C20H20N2O4S. The summed E-state index contributed by atoms with van der Waals surface area (Å²) in [6.07, 6.45) is -0.183. The second kappa shape index (κ2) is 8.64. The van der Waals surface area contributed by atoms with Crippen LogP contribution >= 0.6 is 11.3 Å². The van der Waals surface area contributed by atoms with Crippen molar-refractivity contribution >= 4 is 23.2 Å². The number of carbonyl (C=O) groups is 2. The number of hydrogen-bond acceptors (Lipinski definition) is 6. The molecule has 0 spiro atoms. The van der Waals surface area contributed by atoms with E-state index in [-0.39, 0.29) is 24.2 Å². The van der Waals surface area contributed by atoms with Crippen molar-refractivity contribution in [2.24, 2.45) is 0 Å². The summed E-state index contributed by atoms with van der Waals surface area (Å²) in [7, 11) is 0. The van der Waals surface area contributed by atoms with E-state index < -0.39 is 11.9 Å². The van der Waals surface area contributed by atoms with E-state index in [1.165, 1.54) is 11.3 Å². The molecule has 0 aliphatic heterocycles. The van der Waals surface area contributed by atoms with Gasteiger partial charge in [-0.15, -0.1) is 11.3 Å². The van der Waals surface area contributed by atoms with E-state index in [0.717, 1.165) is 10.4 Å². The van der Waals surface area contributed by atoms with Crippen LogP contribution in [0.25, 0.3) is 10.6 Å². The van der Waals surface area contributed by atoms with Gasteiger partial charge in [0.25, 0.3) is 5.91 Å². The summed E-state index contributed by atoms with van der Waals surface area (Å²) < 4.78 is 10.5. The number of ether oxygens (including phenoxy) is 1. The number of amides is 1. The predicted octanol–water partition coefficient (Wildman–Crippen LogP) is 4.22. The van der Waals surface area contributed by atoms with Crippen LogP contribution in [0.5, 0.6) is 0 Å². The summed E-state index contributed by atoms with van der Waals surface area (Å²) in [5, 5.41) is 8.62. The Labute approximate surface area is 161 Å². The first-order valence-corrected chi connectivity index (χ1v) is 9.47. The summed E-state index contributed by atoms with van der Waals surface area (Å²) >= 11 is 1.50. The van der Waals surface area contributed by atoms with E-state index >= 15 is 0 Å². The maximum atomic E-state index is 12.6. The fraction of sp³-hybridized carbons (Fsp3) is 0.250. The van der Waals surface area contributed by atoms with Crippen LogP contribution in [0.2, 0.25) is 0 Å². The monoisotopic (exact) mass is 384 g/mol. The molecule has 0 aliphatic carbocycles. The van der Waals surface area contributed by atoms with Crippen LogP contribution in [0.15, 0.2) is 58.4 Å². The van der Waals surface area contributed by atoms with E-state index in [1.54, 1.807) is 19.9 Å². The highest BCUT2D eigenvalue weighted by atomic mass is 32.1. The molecule has 0 aliphatic rings. The minimum atomic E-state index is -0.521. The lowest BCUT2D eigenvalue weighted by Crippen LogP contribution is -2.31. The molecular weight excluding hydrogens is 364 g/mol. The molecule has 0 fully saturated rings. The largest absolute Gasteiger partial charge is 0.463 e. The number of benzene rings is 1. The molecule has 3 rings (SSSR count). The molecule has 140 valence electrons. The second-order valence-corrected chi connectivity index (χ2v) is 7.18. The quantitative estimate of drug-likeness (QED) is 0.617. The van der Waals surface area contributed by atoms with Gasteiger partial charge in [0.2, 0.25) is 0 Å². The van der Waals surface area contributed by atoms with Crippen molar-refractivity contribution in [3.8, 4) is 10.6 Å². The molecule has 0 saturated heterocycles. The number of nitrogens with zero attached hydrogens (tertiary/aromatic N) is 1. The summed E-state index contributed by atoms with van der Waals surface area (Å²) in [5.41, 5.74) is 0.977. The van der Waals surface area contributed by atoms with Crippen molar-refractivity contribution in [1.29, 1.82) is 0 Å². The molecule has 1 amide bonds. The fourth-order valence-electron chi connectivity index (χ4n) is 2.56. The lowest BCUT2D eigenvalue weighted by molar-refractivity contribution is -0.147. The maximum Gasteiger partial charge on any atom is 0.308 e. The molecule has 1 atom stereocenters. The van der Waals surface area contributed by atoms with Crippen LogP contribution in [-0.4, -0.2) is 23.1 Å². The number of esters is 1. The normalized spacial score (nSPS) is 12.0. The van der Waals surface area contributed by atoms with Crippen LogP contribution in [0, 0.1) is 0 Å². The molecule has 1 unspecified atom stereocenters. The van der Waals surface area contributed by atoms with Gasteiger partial charge in [-0.25, -0.2) is 0 Å². The number of aromatic nitrogens is 1. The summed E-state index contributed by atoms with van der Waals surface area (Å²) in [5.74, 6) is -0.253. The highest BCUT2D eigenvalue weighted by molar-refractivity contribution is 7.13. The maximum absolute atomic E-state index is 12.6. The first-order chi connectivity index (χ1) is 13.0.